The quantitative estimate of drug-likeness (QED) is 0.246. The third-order valence-corrected chi connectivity index (χ3v) is 3.70. The van der Waals surface area contributed by atoms with Gasteiger partial charge in [-0.3, -0.25) is 4.68 Å². The van der Waals surface area contributed by atoms with Crippen LogP contribution in [0.25, 0.3) is 0 Å². The summed E-state index contributed by atoms with van der Waals surface area (Å²) in [5.74, 6) is 0.717. The number of rotatable bonds is 8. The Morgan fingerprint density at radius 3 is 2.64 bits per heavy atom. The molecule has 0 aliphatic heterocycles. The van der Waals surface area contributed by atoms with Crippen molar-refractivity contribution in [3.63, 3.8) is 0 Å². The number of benzene rings is 1. The first kappa shape index (κ1) is 21.4. The van der Waals surface area contributed by atoms with E-state index in [4.69, 9.17) is 0 Å². The molecule has 0 amide bonds. The minimum absolute atomic E-state index is 0. The number of hydrogen-bond donors (Lipinski definition) is 3. The van der Waals surface area contributed by atoms with Crippen molar-refractivity contribution in [3.05, 3.63) is 54.4 Å². The Morgan fingerprint density at radius 2 is 2.00 bits per heavy atom. The second kappa shape index (κ2) is 11.1. The van der Waals surface area contributed by atoms with E-state index in [-0.39, 0.29) is 24.0 Å². The second-order valence-corrected chi connectivity index (χ2v) is 5.88. The van der Waals surface area contributed by atoms with Crippen molar-refractivity contribution in [2.75, 3.05) is 19.6 Å². The Kier molecular flexibility index (Phi) is 9.51. The van der Waals surface area contributed by atoms with Gasteiger partial charge in [-0.15, -0.1) is 24.0 Å². The minimum atomic E-state index is -0.987. The van der Waals surface area contributed by atoms with E-state index in [1.165, 1.54) is 0 Å². The van der Waals surface area contributed by atoms with Crippen molar-refractivity contribution >= 4 is 29.9 Å². The van der Waals surface area contributed by atoms with E-state index >= 15 is 0 Å². The van der Waals surface area contributed by atoms with Gasteiger partial charge >= 0.3 is 0 Å². The van der Waals surface area contributed by atoms with Crippen LogP contribution < -0.4 is 10.6 Å². The number of aryl methyl sites for hydroxylation is 1. The summed E-state index contributed by atoms with van der Waals surface area (Å²) in [4.78, 5) is 4.52. The number of hydrogen-bond acceptors (Lipinski definition) is 3. The molecule has 25 heavy (non-hydrogen) atoms. The van der Waals surface area contributed by atoms with Gasteiger partial charge in [0.15, 0.2) is 5.96 Å². The number of halogens is 1. The van der Waals surface area contributed by atoms with Gasteiger partial charge in [0.1, 0.15) is 5.60 Å². The molecule has 2 aromatic rings. The molecular formula is C18H28IN5O. The molecule has 1 aromatic carbocycles. The lowest BCUT2D eigenvalue weighted by Crippen LogP contribution is -2.39. The highest BCUT2D eigenvalue weighted by atomic mass is 127. The molecular weight excluding hydrogens is 429 g/mol. The van der Waals surface area contributed by atoms with Crippen molar-refractivity contribution in [2.45, 2.75) is 32.4 Å². The summed E-state index contributed by atoms with van der Waals surface area (Å²) in [5.41, 5.74) is -0.123. The van der Waals surface area contributed by atoms with E-state index < -0.39 is 5.60 Å². The molecule has 1 atom stereocenters. The fourth-order valence-corrected chi connectivity index (χ4v) is 2.34. The summed E-state index contributed by atoms with van der Waals surface area (Å²) < 4.78 is 1.91. The smallest absolute Gasteiger partial charge is 0.191 e. The van der Waals surface area contributed by atoms with Gasteiger partial charge in [0.05, 0.1) is 6.54 Å². The number of nitrogens with zero attached hydrogens (tertiary/aromatic N) is 3. The molecule has 0 spiro atoms. The molecule has 0 bridgehead atoms. The molecule has 0 radical (unpaired) electrons. The topological polar surface area (TPSA) is 74.5 Å². The van der Waals surface area contributed by atoms with Crippen molar-refractivity contribution in [1.82, 2.24) is 20.4 Å². The third-order valence-electron chi connectivity index (χ3n) is 3.70. The predicted octanol–water partition coefficient (Wildman–Crippen LogP) is 2.35. The van der Waals surface area contributed by atoms with Crippen LogP contribution in [0.3, 0.4) is 0 Å². The monoisotopic (exact) mass is 457 g/mol. The number of aliphatic hydroxyl groups is 1. The predicted molar refractivity (Wildman–Crippen MR) is 112 cm³/mol. The third kappa shape index (κ3) is 7.43. The molecule has 0 saturated heterocycles. The van der Waals surface area contributed by atoms with Crippen molar-refractivity contribution in [2.24, 2.45) is 4.99 Å². The maximum atomic E-state index is 10.6. The van der Waals surface area contributed by atoms with Gasteiger partial charge in [-0.25, -0.2) is 4.99 Å². The van der Waals surface area contributed by atoms with Crippen molar-refractivity contribution in [1.29, 1.82) is 0 Å². The maximum absolute atomic E-state index is 10.6. The van der Waals surface area contributed by atoms with Crippen LogP contribution in [0.1, 0.15) is 25.8 Å². The SMILES string of the molecule is CCNC(=NCC(C)(O)c1ccccc1)NCCCn1cccn1.I. The number of guanidine groups is 1. The Balaban J connectivity index is 0.00000312. The van der Waals surface area contributed by atoms with E-state index in [1.807, 2.05) is 54.2 Å². The van der Waals surface area contributed by atoms with Crippen LogP contribution in [0.2, 0.25) is 0 Å². The lowest BCUT2D eigenvalue weighted by Gasteiger charge is -2.22. The van der Waals surface area contributed by atoms with Crippen LogP contribution in [-0.2, 0) is 12.1 Å². The van der Waals surface area contributed by atoms with Gasteiger partial charge in [0.25, 0.3) is 0 Å². The molecule has 0 aliphatic rings. The van der Waals surface area contributed by atoms with Gasteiger partial charge in [-0.1, -0.05) is 30.3 Å². The van der Waals surface area contributed by atoms with E-state index in [9.17, 15) is 5.11 Å². The van der Waals surface area contributed by atoms with Crippen LogP contribution in [-0.4, -0.2) is 40.5 Å². The Morgan fingerprint density at radius 1 is 1.24 bits per heavy atom. The van der Waals surface area contributed by atoms with Crippen molar-refractivity contribution < 1.29 is 5.11 Å². The summed E-state index contributed by atoms with van der Waals surface area (Å²) in [7, 11) is 0. The minimum Gasteiger partial charge on any atom is -0.384 e. The Labute approximate surface area is 166 Å². The normalized spacial score (nSPS) is 13.6. The number of aliphatic imine (C=N–C) groups is 1. The molecule has 0 saturated carbocycles. The number of aromatic nitrogens is 2. The van der Waals surface area contributed by atoms with E-state index in [2.05, 4.69) is 20.7 Å². The van der Waals surface area contributed by atoms with Crippen LogP contribution in [0, 0.1) is 0 Å². The van der Waals surface area contributed by atoms with Gasteiger partial charge in [-0.2, -0.15) is 5.10 Å². The van der Waals surface area contributed by atoms with Gasteiger partial charge in [-0.05, 0) is 31.9 Å². The highest BCUT2D eigenvalue weighted by molar-refractivity contribution is 14.0. The molecule has 6 nitrogen and oxygen atoms in total. The summed E-state index contributed by atoms with van der Waals surface area (Å²) in [6, 6.07) is 11.5. The van der Waals surface area contributed by atoms with Gasteiger partial charge < -0.3 is 15.7 Å². The van der Waals surface area contributed by atoms with Gasteiger partial charge in [0, 0.05) is 32.0 Å². The van der Waals surface area contributed by atoms with Crippen LogP contribution in [0.4, 0.5) is 0 Å². The first-order chi connectivity index (χ1) is 11.6. The standard InChI is InChI=1S/C18H27N5O.HI/c1-3-19-17(20-11-7-13-23-14-8-12-22-23)21-15-18(2,24)16-9-5-4-6-10-16;/h4-6,8-10,12,14,24H,3,7,11,13,15H2,1-2H3,(H2,19,20,21);1H. The molecule has 1 heterocycles. The zero-order valence-corrected chi connectivity index (χ0v) is 17.2. The molecule has 138 valence electrons. The molecule has 3 N–H and O–H groups in total. The van der Waals surface area contributed by atoms with E-state index in [1.54, 1.807) is 13.1 Å². The molecule has 1 unspecified atom stereocenters. The summed E-state index contributed by atoms with van der Waals surface area (Å²) in [5, 5.41) is 21.3. The fourth-order valence-electron chi connectivity index (χ4n) is 2.34. The summed E-state index contributed by atoms with van der Waals surface area (Å²) in [6.45, 7) is 6.54. The Hall–Kier alpha value is -1.61. The first-order valence-electron chi connectivity index (χ1n) is 8.39. The molecule has 7 heteroatoms. The largest absolute Gasteiger partial charge is 0.384 e. The molecule has 2 rings (SSSR count). The summed E-state index contributed by atoms with van der Waals surface area (Å²) >= 11 is 0. The molecule has 1 aromatic heterocycles. The average Bonchev–Trinajstić information content (AvgIpc) is 3.11. The molecule has 0 fully saturated rings. The van der Waals surface area contributed by atoms with Crippen molar-refractivity contribution in [3.8, 4) is 0 Å². The van der Waals surface area contributed by atoms with Gasteiger partial charge in [0.2, 0.25) is 0 Å². The Bertz CT molecular complexity index is 614. The van der Waals surface area contributed by atoms with E-state index in [0.29, 0.717) is 12.5 Å². The first-order valence-corrected chi connectivity index (χ1v) is 8.39. The lowest BCUT2D eigenvalue weighted by molar-refractivity contribution is 0.0672. The lowest BCUT2D eigenvalue weighted by atomic mass is 9.96. The maximum Gasteiger partial charge on any atom is 0.191 e. The highest BCUT2D eigenvalue weighted by Crippen LogP contribution is 2.20. The zero-order chi connectivity index (χ0) is 17.3. The van der Waals surface area contributed by atoms with Crippen LogP contribution in [0.5, 0.6) is 0 Å². The fraction of sp³-hybridized carbons (Fsp3) is 0.444. The van der Waals surface area contributed by atoms with E-state index in [0.717, 1.165) is 31.6 Å². The van der Waals surface area contributed by atoms with Crippen LogP contribution in [0.15, 0.2) is 53.8 Å². The summed E-state index contributed by atoms with van der Waals surface area (Å²) in [6.07, 6.45) is 4.68. The average molecular weight is 457 g/mol. The number of nitrogens with one attached hydrogen (secondary N) is 2. The second-order valence-electron chi connectivity index (χ2n) is 5.88. The zero-order valence-electron chi connectivity index (χ0n) is 14.9. The van der Waals surface area contributed by atoms with Crippen LogP contribution >= 0.6 is 24.0 Å². The highest BCUT2D eigenvalue weighted by Gasteiger charge is 2.22. The molecule has 0 aliphatic carbocycles.